The molecule has 1 N–H and O–H groups in total. The summed E-state index contributed by atoms with van der Waals surface area (Å²) < 4.78 is 2.62. The van der Waals surface area contributed by atoms with Crippen LogP contribution in [0.1, 0.15) is 16.2 Å². The largest absolute Gasteiger partial charge is 0.477 e. The Morgan fingerprint density at radius 3 is 2.84 bits per heavy atom. The summed E-state index contributed by atoms with van der Waals surface area (Å²) in [4.78, 5) is 16.2. The molecule has 0 bridgehead atoms. The van der Waals surface area contributed by atoms with E-state index in [0.29, 0.717) is 5.65 Å². The van der Waals surface area contributed by atoms with Crippen molar-refractivity contribution in [1.82, 2.24) is 14.6 Å². The number of thiophene rings is 1. The molecule has 3 aromatic rings. The molecule has 0 unspecified atom stereocenters. The van der Waals surface area contributed by atoms with Crippen molar-refractivity contribution in [2.45, 2.75) is 6.92 Å². The number of hydrogen-bond acceptors (Lipinski definition) is 4. The summed E-state index contributed by atoms with van der Waals surface area (Å²) in [6.45, 7) is 1.85. The van der Waals surface area contributed by atoms with Crippen LogP contribution in [0.2, 0.25) is 0 Å². The fraction of sp³-hybridized carbons (Fsp3) is 0.0833. The normalized spacial score (nSPS) is 11.1. The van der Waals surface area contributed by atoms with E-state index in [1.165, 1.54) is 11.3 Å². The zero-order valence-corrected chi connectivity index (χ0v) is 12.2. The third-order valence-electron chi connectivity index (χ3n) is 2.59. The Kier molecular flexibility index (Phi) is 2.87. The van der Waals surface area contributed by atoms with Crippen molar-refractivity contribution >= 4 is 38.9 Å². The zero-order chi connectivity index (χ0) is 13.6. The number of carbonyl (C=O) groups is 1. The smallest absolute Gasteiger partial charge is 0.354 e. The number of halogens is 1. The first kappa shape index (κ1) is 12.3. The van der Waals surface area contributed by atoms with Crippen LogP contribution in [0.3, 0.4) is 0 Å². The van der Waals surface area contributed by atoms with Gasteiger partial charge in [-0.3, -0.25) is 0 Å². The maximum atomic E-state index is 11.1. The first-order valence-corrected chi connectivity index (χ1v) is 7.07. The summed E-state index contributed by atoms with van der Waals surface area (Å²) in [5.41, 5.74) is 2.09. The molecule has 0 saturated heterocycles. The van der Waals surface area contributed by atoms with Crippen LogP contribution >= 0.6 is 27.3 Å². The van der Waals surface area contributed by atoms with Crippen molar-refractivity contribution in [3.05, 3.63) is 39.4 Å². The lowest BCUT2D eigenvalue weighted by Crippen LogP contribution is -2.04. The quantitative estimate of drug-likeness (QED) is 0.779. The highest BCUT2D eigenvalue weighted by Gasteiger charge is 2.15. The average molecular weight is 338 g/mol. The number of nitrogens with zero attached hydrogens (tertiary/aromatic N) is 3. The second-order valence-corrected chi connectivity index (χ2v) is 5.84. The summed E-state index contributed by atoms with van der Waals surface area (Å²) >= 11 is 4.91. The van der Waals surface area contributed by atoms with Gasteiger partial charge in [0, 0.05) is 15.9 Å². The molecule has 3 rings (SSSR count). The van der Waals surface area contributed by atoms with Gasteiger partial charge in [-0.1, -0.05) is 0 Å². The molecule has 19 heavy (non-hydrogen) atoms. The number of fused-ring (bicyclic) bond motifs is 1. The van der Waals surface area contributed by atoms with E-state index in [9.17, 15) is 4.79 Å². The predicted octanol–water partition coefficient (Wildman–Crippen LogP) is 3.23. The van der Waals surface area contributed by atoms with Crippen LogP contribution in [-0.4, -0.2) is 25.7 Å². The Hall–Kier alpha value is -1.73. The number of aromatic nitrogens is 3. The van der Waals surface area contributed by atoms with Crippen LogP contribution in [0.5, 0.6) is 0 Å². The fourth-order valence-electron chi connectivity index (χ4n) is 1.82. The molecule has 0 fully saturated rings. The van der Waals surface area contributed by atoms with Crippen molar-refractivity contribution in [1.29, 1.82) is 0 Å². The van der Waals surface area contributed by atoms with Crippen LogP contribution in [0.25, 0.3) is 16.2 Å². The van der Waals surface area contributed by atoms with Gasteiger partial charge in [0.25, 0.3) is 0 Å². The lowest BCUT2D eigenvalue weighted by Gasteiger charge is -2.03. The Balaban J connectivity index is 2.34. The van der Waals surface area contributed by atoms with Gasteiger partial charge in [0.1, 0.15) is 0 Å². The SMILES string of the molecule is Cc1cc2nc(C(=O)O)cc(-c3cc(Br)cs3)n2n1. The van der Waals surface area contributed by atoms with Crippen molar-refractivity contribution in [3.63, 3.8) is 0 Å². The molecular formula is C12H8BrN3O2S. The number of rotatable bonds is 2. The second kappa shape index (κ2) is 4.43. The van der Waals surface area contributed by atoms with E-state index in [4.69, 9.17) is 5.11 Å². The Morgan fingerprint density at radius 2 is 2.21 bits per heavy atom. The molecule has 3 heterocycles. The number of carboxylic acids is 1. The van der Waals surface area contributed by atoms with Gasteiger partial charge in [-0.2, -0.15) is 5.10 Å². The predicted molar refractivity (Wildman–Crippen MR) is 75.7 cm³/mol. The lowest BCUT2D eigenvalue weighted by molar-refractivity contribution is 0.0690. The van der Waals surface area contributed by atoms with Gasteiger partial charge in [0.2, 0.25) is 0 Å². The van der Waals surface area contributed by atoms with Gasteiger partial charge < -0.3 is 5.11 Å². The molecule has 0 saturated carbocycles. The zero-order valence-electron chi connectivity index (χ0n) is 9.79. The van der Waals surface area contributed by atoms with E-state index < -0.39 is 5.97 Å². The highest BCUT2D eigenvalue weighted by atomic mass is 79.9. The van der Waals surface area contributed by atoms with Crippen LogP contribution in [0, 0.1) is 6.92 Å². The molecule has 0 radical (unpaired) electrons. The molecule has 0 spiro atoms. The molecule has 7 heteroatoms. The first-order chi connectivity index (χ1) is 9.04. The van der Waals surface area contributed by atoms with Crippen LogP contribution in [-0.2, 0) is 0 Å². The molecule has 0 aliphatic carbocycles. The second-order valence-electron chi connectivity index (χ2n) is 4.02. The van der Waals surface area contributed by atoms with E-state index in [0.717, 1.165) is 20.7 Å². The molecule has 0 aliphatic rings. The molecule has 5 nitrogen and oxygen atoms in total. The fourth-order valence-corrected chi connectivity index (χ4v) is 3.25. The molecule has 0 aliphatic heterocycles. The Labute approximate surface area is 120 Å². The van der Waals surface area contributed by atoms with Gasteiger partial charge in [0.15, 0.2) is 11.3 Å². The summed E-state index contributed by atoms with van der Waals surface area (Å²) in [7, 11) is 0. The standard InChI is InChI=1S/C12H8BrN3O2S/c1-6-2-11-14-8(12(17)18)4-9(16(11)15-6)10-3-7(13)5-19-10/h2-5H,1H3,(H,17,18). The van der Waals surface area contributed by atoms with Crippen molar-refractivity contribution in [2.75, 3.05) is 0 Å². The van der Waals surface area contributed by atoms with Crippen LogP contribution in [0.15, 0.2) is 28.1 Å². The highest BCUT2D eigenvalue weighted by molar-refractivity contribution is 9.10. The topological polar surface area (TPSA) is 67.5 Å². The van der Waals surface area contributed by atoms with Crippen LogP contribution in [0.4, 0.5) is 0 Å². The molecule has 96 valence electrons. The van der Waals surface area contributed by atoms with E-state index in [2.05, 4.69) is 26.0 Å². The third kappa shape index (κ3) is 2.15. The van der Waals surface area contributed by atoms with Gasteiger partial charge in [-0.05, 0) is 35.0 Å². The molecule has 0 aromatic carbocycles. The molecular weight excluding hydrogens is 330 g/mol. The first-order valence-electron chi connectivity index (χ1n) is 5.40. The maximum Gasteiger partial charge on any atom is 0.354 e. The monoisotopic (exact) mass is 337 g/mol. The van der Waals surface area contributed by atoms with Gasteiger partial charge >= 0.3 is 5.97 Å². The summed E-state index contributed by atoms with van der Waals surface area (Å²) in [5.74, 6) is -1.04. The minimum absolute atomic E-state index is 0.0203. The Morgan fingerprint density at radius 1 is 1.42 bits per heavy atom. The van der Waals surface area contributed by atoms with Crippen molar-refractivity contribution in [3.8, 4) is 10.6 Å². The van der Waals surface area contributed by atoms with E-state index >= 15 is 0 Å². The average Bonchev–Trinajstić information content (AvgIpc) is 2.92. The minimum atomic E-state index is -1.04. The third-order valence-corrected chi connectivity index (χ3v) is 4.30. The molecule has 0 amide bonds. The number of carboxylic acid groups (broad SMARTS) is 1. The Bertz CT molecular complexity index is 793. The van der Waals surface area contributed by atoms with E-state index in [1.54, 1.807) is 16.6 Å². The number of aryl methyl sites for hydroxylation is 1. The highest BCUT2D eigenvalue weighted by Crippen LogP contribution is 2.30. The lowest BCUT2D eigenvalue weighted by atomic mass is 10.3. The van der Waals surface area contributed by atoms with Gasteiger partial charge in [0.05, 0.1) is 16.3 Å². The van der Waals surface area contributed by atoms with Gasteiger partial charge in [-0.15, -0.1) is 11.3 Å². The van der Waals surface area contributed by atoms with E-state index in [1.807, 2.05) is 18.4 Å². The number of hydrogen-bond donors (Lipinski definition) is 1. The number of aromatic carboxylic acids is 1. The molecule has 0 atom stereocenters. The summed E-state index contributed by atoms with van der Waals surface area (Å²) in [6, 6.07) is 5.24. The maximum absolute atomic E-state index is 11.1. The molecule has 3 aromatic heterocycles. The van der Waals surface area contributed by atoms with Gasteiger partial charge in [-0.25, -0.2) is 14.3 Å². The van der Waals surface area contributed by atoms with Crippen molar-refractivity contribution < 1.29 is 9.90 Å². The summed E-state index contributed by atoms with van der Waals surface area (Å²) in [5, 5.41) is 15.4. The van der Waals surface area contributed by atoms with Crippen LogP contribution < -0.4 is 0 Å². The van der Waals surface area contributed by atoms with Crippen molar-refractivity contribution in [2.24, 2.45) is 0 Å². The minimum Gasteiger partial charge on any atom is -0.477 e. The summed E-state index contributed by atoms with van der Waals surface area (Å²) in [6.07, 6.45) is 0. The van der Waals surface area contributed by atoms with E-state index in [-0.39, 0.29) is 5.69 Å².